The van der Waals surface area contributed by atoms with Gasteiger partial charge in [-0.15, -0.1) is 0 Å². The van der Waals surface area contributed by atoms with Gasteiger partial charge in [0.15, 0.2) is 0 Å². The maximum atomic E-state index is 13.1. The zero-order valence-electron chi connectivity index (χ0n) is 11.4. The number of methoxy groups -OCH3 is 2. The van der Waals surface area contributed by atoms with Crippen molar-refractivity contribution < 1.29 is 28.2 Å². The van der Waals surface area contributed by atoms with Crippen LogP contribution in [-0.4, -0.2) is 50.1 Å². The van der Waals surface area contributed by atoms with Crippen LogP contribution < -0.4 is 0 Å². The van der Waals surface area contributed by atoms with Gasteiger partial charge in [0.05, 0.1) is 19.2 Å². The highest BCUT2D eigenvalue weighted by molar-refractivity contribution is 6.31. The zero-order chi connectivity index (χ0) is 16.0. The third-order valence-corrected chi connectivity index (χ3v) is 2.84. The van der Waals surface area contributed by atoms with E-state index in [4.69, 9.17) is 11.6 Å². The van der Waals surface area contributed by atoms with E-state index in [0.29, 0.717) is 0 Å². The van der Waals surface area contributed by atoms with Gasteiger partial charge in [0.1, 0.15) is 18.9 Å². The summed E-state index contributed by atoms with van der Waals surface area (Å²) < 4.78 is 22.0. The number of carbonyl (C=O) groups is 3. The van der Waals surface area contributed by atoms with Crippen LogP contribution in [0.25, 0.3) is 0 Å². The lowest BCUT2D eigenvalue weighted by atomic mass is 10.2. The van der Waals surface area contributed by atoms with Crippen LogP contribution in [0.15, 0.2) is 18.2 Å². The Morgan fingerprint density at radius 3 is 2.10 bits per heavy atom. The maximum absolute atomic E-state index is 13.1. The first kappa shape index (κ1) is 16.9. The summed E-state index contributed by atoms with van der Waals surface area (Å²) in [6, 6.07) is 3.33. The lowest BCUT2D eigenvalue weighted by Crippen LogP contribution is -2.40. The Labute approximate surface area is 125 Å². The normalized spacial score (nSPS) is 9.90. The van der Waals surface area contributed by atoms with Crippen molar-refractivity contribution in [2.24, 2.45) is 0 Å². The molecule has 0 fully saturated rings. The van der Waals surface area contributed by atoms with Gasteiger partial charge in [0.25, 0.3) is 5.91 Å². The Bertz CT molecular complexity index is 545. The quantitative estimate of drug-likeness (QED) is 0.765. The second-order valence-electron chi connectivity index (χ2n) is 3.94. The summed E-state index contributed by atoms with van der Waals surface area (Å²) in [6.07, 6.45) is 0. The number of nitrogens with zero attached hydrogens (tertiary/aromatic N) is 1. The van der Waals surface area contributed by atoms with Crippen LogP contribution in [0.4, 0.5) is 4.39 Å². The minimum absolute atomic E-state index is 0.0363. The highest BCUT2D eigenvalue weighted by atomic mass is 35.5. The van der Waals surface area contributed by atoms with Crippen LogP contribution in [0.3, 0.4) is 0 Å². The fraction of sp³-hybridized carbons (Fsp3) is 0.308. The molecule has 0 atom stereocenters. The summed E-state index contributed by atoms with van der Waals surface area (Å²) >= 11 is 5.60. The molecular formula is C13H13ClFNO5. The number of halogens is 2. The van der Waals surface area contributed by atoms with Gasteiger partial charge in [0, 0.05) is 5.56 Å². The lowest BCUT2D eigenvalue weighted by Gasteiger charge is -2.20. The van der Waals surface area contributed by atoms with Crippen LogP contribution in [0, 0.1) is 5.82 Å². The molecule has 0 bridgehead atoms. The van der Waals surface area contributed by atoms with Gasteiger partial charge in [-0.25, -0.2) is 4.39 Å². The van der Waals surface area contributed by atoms with Crippen LogP contribution >= 0.6 is 11.6 Å². The maximum Gasteiger partial charge on any atom is 0.325 e. The molecule has 1 amide bonds. The summed E-state index contributed by atoms with van der Waals surface area (Å²) in [5.41, 5.74) is 0.0363. The summed E-state index contributed by atoms with van der Waals surface area (Å²) in [7, 11) is 2.30. The number of benzene rings is 1. The molecule has 0 N–H and O–H groups in total. The van der Waals surface area contributed by atoms with Crippen molar-refractivity contribution in [2.75, 3.05) is 27.3 Å². The second-order valence-corrected chi connectivity index (χ2v) is 4.35. The van der Waals surface area contributed by atoms with Gasteiger partial charge >= 0.3 is 11.9 Å². The Morgan fingerprint density at radius 2 is 1.67 bits per heavy atom. The van der Waals surface area contributed by atoms with Crippen molar-refractivity contribution in [3.8, 4) is 0 Å². The number of esters is 2. The first-order chi connectivity index (χ1) is 9.88. The number of rotatable bonds is 5. The van der Waals surface area contributed by atoms with Crippen molar-refractivity contribution in [1.29, 1.82) is 0 Å². The molecule has 0 unspecified atom stereocenters. The van der Waals surface area contributed by atoms with E-state index in [-0.39, 0.29) is 10.6 Å². The molecule has 8 heteroatoms. The second kappa shape index (κ2) is 7.58. The summed E-state index contributed by atoms with van der Waals surface area (Å²) in [6.45, 7) is -0.890. The number of hydrogen-bond donors (Lipinski definition) is 0. The van der Waals surface area contributed by atoms with Gasteiger partial charge in [-0.1, -0.05) is 11.6 Å². The molecule has 0 aliphatic heterocycles. The van der Waals surface area contributed by atoms with Crippen LogP contribution in [-0.2, 0) is 19.1 Å². The monoisotopic (exact) mass is 317 g/mol. The molecule has 114 valence electrons. The summed E-state index contributed by atoms with van der Waals surface area (Å²) in [4.78, 5) is 35.7. The van der Waals surface area contributed by atoms with Gasteiger partial charge in [-0.05, 0) is 18.2 Å². The van der Waals surface area contributed by atoms with E-state index < -0.39 is 36.8 Å². The van der Waals surface area contributed by atoms with E-state index in [1.54, 1.807) is 0 Å². The van der Waals surface area contributed by atoms with Crippen molar-refractivity contribution in [1.82, 2.24) is 4.90 Å². The molecule has 0 saturated heterocycles. The first-order valence-corrected chi connectivity index (χ1v) is 6.14. The molecule has 21 heavy (non-hydrogen) atoms. The first-order valence-electron chi connectivity index (χ1n) is 5.77. The highest BCUT2D eigenvalue weighted by Crippen LogP contribution is 2.17. The standard InChI is InChI=1S/C13H13ClFNO5/c1-20-11(17)6-16(7-12(18)21-2)13(19)8-3-4-10(15)9(14)5-8/h3-5H,6-7H2,1-2H3. The number of amides is 1. The summed E-state index contributed by atoms with van der Waals surface area (Å²) in [5.74, 6) is -2.77. The molecule has 0 aliphatic carbocycles. The van der Waals surface area contributed by atoms with Gasteiger partial charge in [-0.3, -0.25) is 14.4 Å². The fourth-order valence-electron chi connectivity index (χ4n) is 1.45. The van der Waals surface area contributed by atoms with Crippen LogP contribution in [0.1, 0.15) is 10.4 Å². The smallest absolute Gasteiger partial charge is 0.325 e. The molecule has 0 aliphatic rings. The number of carbonyl (C=O) groups excluding carboxylic acids is 3. The Balaban J connectivity index is 2.99. The third kappa shape index (κ3) is 4.71. The summed E-state index contributed by atoms with van der Waals surface area (Å²) in [5, 5.41) is -0.239. The average molecular weight is 318 g/mol. The van der Waals surface area contributed by atoms with Crippen LogP contribution in [0.2, 0.25) is 5.02 Å². The van der Waals surface area contributed by atoms with E-state index >= 15 is 0 Å². The average Bonchev–Trinajstić information content (AvgIpc) is 2.48. The largest absolute Gasteiger partial charge is 0.468 e. The Kier molecular flexibility index (Phi) is 6.10. The number of ether oxygens (including phenoxy) is 2. The minimum Gasteiger partial charge on any atom is -0.468 e. The van der Waals surface area contributed by atoms with Crippen molar-refractivity contribution >= 4 is 29.4 Å². The number of hydrogen-bond acceptors (Lipinski definition) is 5. The van der Waals surface area contributed by atoms with Crippen LogP contribution in [0.5, 0.6) is 0 Å². The van der Waals surface area contributed by atoms with E-state index in [1.165, 1.54) is 6.07 Å². The molecule has 0 saturated carbocycles. The van der Waals surface area contributed by atoms with Crippen molar-refractivity contribution in [2.45, 2.75) is 0 Å². The topological polar surface area (TPSA) is 72.9 Å². The molecular weight excluding hydrogens is 305 g/mol. The van der Waals surface area contributed by atoms with E-state index in [1.807, 2.05) is 0 Å². The van der Waals surface area contributed by atoms with E-state index in [2.05, 4.69) is 9.47 Å². The molecule has 0 heterocycles. The Morgan fingerprint density at radius 1 is 1.14 bits per heavy atom. The predicted molar refractivity (Wildman–Crippen MR) is 71.3 cm³/mol. The SMILES string of the molecule is COC(=O)CN(CC(=O)OC)C(=O)c1ccc(F)c(Cl)c1. The van der Waals surface area contributed by atoms with Gasteiger partial charge in [0.2, 0.25) is 0 Å². The minimum atomic E-state index is -0.708. The lowest BCUT2D eigenvalue weighted by molar-refractivity contribution is -0.144. The van der Waals surface area contributed by atoms with E-state index in [0.717, 1.165) is 31.3 Å². The van der Waals surface area contributed by atoms with Gasteiger partial charge < -0.3 is 14.4 Å². The molecule has 0 aromatic heterocycles. The molecule has 1 rings (SSSR count). The Hall–Kier alpha value is -2.15. The van der Waals surface area contributed by atoms with Crippen molar-refractivity contribution in [3.05, 3.63) is 34.6 Å². The highest BCUT2D eigenvalue weighted by Gasteiger charge is 2.23. The fourth-order valence-corrected chi connectivity index (χ4v) is 1.63. The zero-order valence-corrected chi connectivity index (χ0v) is 12.1. The molecule has 6 nitrogen and oxygen atoms in total. The molecule has 1 aromatic carbocycles. The van der Waals surface area contributed by atoms with Crippen molar-refractivity contribution in [3.63, 3.8) is 0 Å². The molecule has 1 aromatic rings. The van der Waals surface area contributed by atoms with Gasteiger partial charge in [-0.2, -0.15) is 0 Å². The van der Waals surface area contributed by atoms with E-state index in [9.17, 15) is 18.8 Å². The molecule has 0 spiro atoms. The predicted octanol–water partition coefficient (Wildman–Crippen LogP) is 1.27. The third-order valence-electron chi connectivity index (χ3n) is 2.55. The molecule has 0 radical (unpaired) electrons.